The van der Waals surface area contributed by atoms with Gasteiger partial charge < -0.3 is 5.11 Å². The number of aromatic hydroxyl groups is 1. The highest BCUT2D eigenvalue weighted by Crippen LogP contribution is 2.25. The van der Waals surface area contributed by atoms with Crippen LogP contribution in [0.5, 0.6) is 5.75 Å². The zero-order chi connectivity index (χ0) is 14.2. The second kappa shape index (κ2) is 5.08. The molecule has 0 aliphatic rings. The van der Waals surface area contributed by atoms with Gasteiger partial charge in [0.25, 0.3) is 0 Å². The van der Waals surface area contributed by atoms with Gasteiger partial charge in [-0.3, -0.25) is 0 Å². The molecule has 0 atom stereocenters. The van der Waals surface area contributed by atoms with E-state index in [1.54, 1.807) is 0 Å². The van der Waals surface area contributed by atoms with Crippen LogP contribution in [0, 0.1) is 34.6 Å². The first-order valence-corrected chi connectivity index (χ1v) is 6.74. The van der Waals surface area contributed by atoms with Gasteiger partial charge in [-0.05, 0) is 80.0 Å². The van der Waals surface area contributed by atoms with E-state index in [1.807, 2.05) is 13.8 Å². The lowest BCUT2D eigenvalue weighted by Gasteiger charge is -2.12. The molecule has 0 spiro atoms. The van der Waals surface area contributed by atoms with Crippen molar-refractivity contribution in [3.05, 3.63) is 63.2 Å². The first kappa shape index (κ1) is 13.7. The van der Waals surface area contributed by atoms with E-state index in [4.69, 9.17) is 0 Å². The van der Waals surface area contributed by atoms with E-state index in [1.165, 1.54) is 27.8 Å². The summed E-state index contributed by atoms with van der Waals surface area (Å²) in [6.07, 6.45) is 0.926. The number of hydrogen-bond donors (Lipinski definition) is 1. The molecule has 0 bridgehead atoms. The van der Waals surface area contributed by atoms with Crippen molar-refractivity contribution < 1.29 is 5.11 Å². The van der Waals surface area contributed by atoms with E-state index in [2.05, 4.69) is 45.0 Å². The van der Waals surface area contributed by atoms with Gasteiger partial charge in [-0.2, -0.15) is 0 Å². The Morgan fingerprint density at radius 3 is 1.79 bits per heavy atom. The maximum Gasteiger partial charge on any atom is 0.121 e. The third-order valence-electron chi connectivity index (χ3n) is 3.90. The largest absolute Gasteiger partial charge is 0.507 e. The molecule has 0 aromatic heterocycles. The molecule has 0 saturated heterocycles. The second-order valence-corrected chi connectivity index (χ2v) is 5.62. The van der Waals surface area contributed by atoms with Gasteiger partial charge in [-0.15, -0.1) is 0 Å². The molecule has 0 saturated carbocycles. The van der Waals surface area contributed by atoms with Gasteiger partial charge in [-0.25, -0.2) is 0 Å². The Bertz CT molecular complexity index is 601. The van der Waals surface area contributed by atoms with Gasteiger partial charge in [0.05, 0.1) is 0 Å². The van der Waals surface area contributed by atoms with Crippen LogP contribution in [0.15, 0.2) is 24.3 Å². The molecule has 0 amide bonds. The molecule has 1 N–H and O–H groups in total. The van der Waals surface area contributed by atoms with Gasteiger partial charge in [0, 0.05) is 0 Å². The summed E-state index contributed by atoms with van der Waals surface area (Å²) in [6, 6.07) is 8.70. The summed E-state index contributed by atoms with van der Waals surface area (Å²) >= 11 is 0. The monoisotopic (exact) mass is 254 g/mol. The predicted octanol–water partition coefficient (Wildman–Crippen LogP) is 4.53. The smallest absolute Gasteiger partial charge is 0.121 e. The molecule has 2 rings (SSSR count). The van der Waals surface area contributed by atoms with Crippen molar-refractivity contribution in [3.63, 3.8) is 0 Å². The van der Waals surface area contributed by atoms with Crippen LogP contribution in [0.1, 0.15) is 38.9 Å². The zero-order valence-corrected chi connectivity index (χ0v) is 12.5. The summed E-state index contributed by atoms with van der Waals surface area (Å²) in [5.74, 6) is 0.417. The average Bonchev–Trinajstić information content (AvgIpc) is 2.33. The third-order valence-corrected chi connectivity index (χ3v) is 3.90. The molecule has 1 heteroatoms. The van der Waals surface area contributed by atoms with Crippen molar-refractivity contribution in [2.45, 2.75) is 41.0 Å². The molecule has 0 radical (unpaired) electrons. The van der Waals surface area contributed by atoms with E-state index in [9.17, 15) is 5.11 Å². The first-order valence-electron chi connectivity index (χ1n) is 6.74. The fourth-order valence-corrected chi connectivity index (χ4v) is 2.58. The minimum Gasteiger partial charge on any atom is -0.507 e. The normalized spacial score (nSPS) is 10.8. The van der Waals surface area contributed by atoms with Crippen molar-refractivity contribution in [1.29, 1.82) is 0 Å². The summed E-state index contributed by atoms with van der Waals surface area (Å²) in [5.41, 5.74) is 8.57. The van der Waals surface area contributed by atoms with Crippen LogP contribution in [-0.2, 0) is 6.42 Å². The number of benzene rings is 2. The molecule has 0 heterocycles. The highest BCUT2D eigenvalue weighted by atomic mass is 16.3. The molecule has 2 aromatic rings. The molecule has 0 aliphatic carbocycles. The van der Waals surface area contributed by atoms with Crippen LogP contribution in [0.3, 0.4) is 0 Å². The third kappa shape index (κ3) is 2.81. The Balaban J connectivity index is 2.39. The molecular weight excluding hydrogens is 232 g/mol. The Morgan fingerprint density at radius 2 is 1.21 bits per heavy atom. The molecule has 0 unspecified atom stereocenters. The summed E-state index contributed by atoms with van der Waals surface area (Å²) in [5, 5.41) is 9.83. The zero-order valence-electron chi connectivity index (χ0n) is 12.5. The van der Waals surface area contributed by atoms with Crippen LogP contribution >= 0.6 is 0 Å². The predicted molar refractivity (Wildman–Crippen MR) is 81.0 cm³/mol. The highest BCUT2D eigenvalue weighted by molar-refractivity contribution is 5.45. The number of phenolic OH excluding ortho intramolecular Hbond substituents is 1. The average molecular weight is 254 g/mol. The molecule has 100 valence electrons. The molecule has 1 nitrogen and oxygen atoms in total. The van der Waals surface area contributed by atoms with Crippen molar-refractivity contribution in [3.8, 4) is 5.75 Å². The maximum atomic E-state index is 9.83. The summed E-state index contributed by atoms with van der Waals surface area (Å²) < 4.78 is 0. The van der Waals surface area contributed by atoms with E-state index in [0.29, 0.717) is 5.75 Å². The van der Waals surface area contributed by atoms with E-state index in [-0.39, 0.29) is 0 Å². The fourth-order valence-electron chi connectivity index (χ4n) is 2.58. The van der Waals surface area contributed by atoms with E-state index < -0.39 is 0 Å². The Morgan fingerprint density at radius 1 is 0.684 bits per heavy atom. The van der Waals surface area contributed by atoms with Crippen LogP contribution in [0.2, 0.25) is 0 Å². The van der Waals surface area contributed by atoms with Crippen molar-refractivity contribution in [2.75, 3.05) is 0 Å². The van der Waals surface area contributed by atoms with Crippen LogP contribution in [0.25, 0.3) is 0 Å². The van der Waals surface area contributed by atoms with E-state index in [0.717, 1.165) is 17.5 Å². The fraction of sp³-hybridized carbons (Fsp3) is 0.333. The summed E-state index contributed by atoms with van der Waals surface area (Å²) in [7, 11) is 0. The lowest BCUT2D eigenvalue weighted by molar-refractivity contribution is 0.466. The van der Waals surface area contributed by atoms with Crippen LogP contribution in [-0.4, -0.2) is 5.11 Å². The number of aryl methyl sites for hydroxylation is 5. The van der Waals surface area contributed by atoms with Gasteiger partial charge >= 0.3 is 0 Å². The quantitative estimate of drug-likeness (QED) is 0.835. The Hall–Kier alpha value is -1.76. The molecule has 0 aliphatic heterocycles. The standard InChI is InChI=1S/C18H22O/c1-11-6-13(3)17(9-12(11)2)10-16-7-14(4)18(19)15(5)8-16/h6-9,19H,10H2,1-5H3. The minimum absolute atomic E-state index is 0.417. The lowest BCUT2D eigenvalue weighted by atomic mass is 9.94. The molecular formula is C18H22O. The van der Waals surface area contributed by atoms with Crippen molar-refractivity contribution >= 4 is 0 Å². The minimum atomic E-state index is 0.417. The summed E-state index contributed by atoms with van der Waals surface area (Å²) in [4.78, 5) is 0. The second-order valence-electron chi connectivity index (χ2n) is 5.62. The van der Waals surface area contributed by atoms with Crippen molar-refractivity contribution in [2.24, 2.45) is 0 Å². The topological polar surface area (TPSA) is 20.2 Å². The highest BCUT2D eigenvalue weighted by Gasteiger charge is 2.07. The maximum absolute atomic E-state index is 9.83. The number of phenols is 1. The SMILES string of the molecule is Cc1cc(C)c(Cc2cc(C)c(O)c(C)c2)cc1C. The van der Waals surface area contributed by atoms with Crippen LogP contribution in [0.4, 0.5) is 0 Å². The molecule has 0 fully saturated rings. The van der Waals surface area contributed by atoms with Gasteiger partial charge in [0.2, 0.25) is 0 Å². The number of rotatable bonds is 2. The van der Waals surface area contributed by atoms with Gasteiger partial charge in [0.15, 0.2) is 0 Å². The molecule has 19 heavy (non-hydrogen) atoms. The van der Waals surface area contributed by atoms with E-state index >= 15 is 0 Å². The summed E-state index contributed by atoms with van der Waals surface area (Å²) in [6.45, 7) is 10.4. The van der Waals surface area contributed by atoms with Crippen molar-refractivity contribution in [1.82, 2.24) is 0 Å². The van der Waals surface area contributed by atoms with Gasteiger partial charge in [-0.1, -0.05) is 24.3 Å². The first-order chi connectivity index (χ1) is 8.88. The van der Waals surface area contributed by atoms with Crippen LogP contribution < -0.4 is 0 Å². The molecule has 2 aromatic carbocycles. The Kier molecular flexibility index (Phi) is 3.66. The number of hydrogen-bond acceptors (Lipinski definition) is 1. The lowest BCUT2D eigenvalue weighted by Crippen LogP contribution is -1.96. The Labute approximate surface area is 115 Å². The van der Waals surface area contributed by atoms with Gasteiger partial charge in [0.1, 0.15) is 5.75 Å².